The second-order valence-electron chi connectivity index (χ2n) is 5.39. The summed E-state index contributed by atoms with van der Waals surface area (Å²) in [6, 6.07) is 5.94. The van der Waals surface area contributed by atoms with E-state index in [4.69, 9.17) is 4.74 Å². The third kappa shape index (κ3) is 4.20. The van der Waals surface area contributed by atoms with Gasteiger partial charge in [0.25, 0.3) is 5.91 Å². The fourth-order valence-corrected chi connectivity index (χ4v) is 3.11. The van der Waals surface area contributed by atoms with Gasteiger partial charge in [0.2, 0.25) is 0 Å². The first kappa shape index (κ1) is 16.3. The highest BCUT2D eigenvalue weighted by Gasteiger charge is 2.23. The smallest absolute Gasteiger partial charge is 0.255 e. The van der Waals surface area contributed by atoms with E-state index in [1.54, 1.807) is 13.2 Å². The van der Waals surface area contributed by atoms with Crippen LogP contribution in [-0.4, -0.2) is 43.6 Å². The minimum absolute atomic E-state index is 0.0660. The summed E-state index contributed by atoms with van der Waals surface area (Å²) in [4.78, 5) is 14.8. The summed E-state index contributed by atoms with van der Waals surface area (Å²) in [5, 5.41) is 3.46. The molecule has 21 heavy (non-hydrogen) atoms. The minimum Gasteiger partial charge on any atom is -0.497 e. The molecular formula is C16H23BrN2O2. The standard InChI is InChI=1S/C16H23BrN2O2/c1-3-9-19(11-12-5-4-8-18-12)16(20)14-10-13(21-2)6-7-15(14)17/h6-7,10,12,18H,3-5,8-9,11H2,1-2H3. The Labute approximate surface area is 135 Å². The summed E-state index contributed by atoms with van der Waals surface area (Å²) >= 11 is 3.47. The molecular weight excluding hydrogens is 332 g/mol. The zero-order valence-electron chi connectivity index (χ0n) is 12.7. The lowest BCUT2D eigenvalue weighted by atomic mass is 10.1. The van der Waals surface area contributed by atoms with Crippen LogP contribution in [0.3, 0.4) is 0 Å². The van der Waals surface area contributed by atoms with Gasteiger partial charge >= 0.3 is 0 Å². The van der Waals surface area contributed by atoms with Gasteiger partial charge in [-0.15, -0.1) is 0 Å². The molecule has 1 atom stereocenters. The molecule has 1 fully saturated rings. The van der Waals surface area contributed by atoms with Crippen LogP contribution in [0.2, 0.25) is 0 Å². The highest BCUT2D eigenvalue weighted by Crippen LogP contribution is 2.24. The normalized spacial score (nSPS) is 17.8. The number of hydrogen-bond donors (Lipinski definition) is 1. The summed E-state index contributed by atoms with van der Waals surface area (Å²) in [6.07, 6.45) is 3.30. The number of amides is 1. The van der Waals surface area contributed by atoms with Crippen LogP contribution in [0.4, 0.5) is 0 Å². The third-order valence-corrected chi connectivity index (χ3v) is 4.48. The molecule has 0 bridgehead atoms. The zero-order valence-corrected chi connectivity index (χ0v) is 14.3. The van der Waals surface area contributed by atoms with Crippen LogP contribution < -0.4 is 10.1 Å². The summed E-state index contributed by atoms with van der Waals surface area (Å²) < 4.78 is 6.04. The maximum atomic E-state index is 12.8. The van der Waals surface area contributed by atoms with Crippen LogP contribution in [0.25, 0.3) is 0 Å². The lowest BCUT2D eigenvalue weighted by molar-refractivity contribution is 0.0740. The fourth-order valence-electron chi connectivity index (χ4n) is 2.69. The van der Waals surface area contributed by atoms with Crippen LogP contribution in [0, 0.1) is 0 Å². The number of halogens is 1. The van der Waals surface area contributed by atoms with E-state index in [-0.39, 0.29) is 5.91 Å². The molecule has 5 heteroatoms. The van der Waals surface area contributed by atoms with E-state index in [0.717, 1.165) is 36.9 Å². The number of carbonyl (C=O) groups is 1. The van der Waals surface area contributed by atoms with E-state index in [2.05, 4.69) is 28.2 Å². The van der Waals surface area contributed by atoms with E-state index in [1.165, 1.54) is 6.42 Å². The molecule has 1 aromatic rings. The number of nitrogens with one attached hydrogen (secondary N) is 1. The third-order valence-electron chi connectivity index (χ3n) is 3.79. The summed E-state index contributed by atoms with van der Waals surface area (Å²) in [7, 11) is 1.61. The first-order valence-electron chi connectivity index (χ1n) is 7.52. The van der Waals surface area contributed by atoms with E-state index in [1.807, 2.05) is 17.0 Å². The van der Waals surface area contributed by atoms with Gasteiger partial charge in [0.05, 0.1) is 12.7 Å². The van der Waals surface area contributed by atoms with Crippen LogP contribution >= 0.6 is 15.9 Å². The molecule has 0 aliphatic carbocycles. The fraction of sp³-hybridized carbons (Fsp3) is 0.562. The first-order chi connectivity index (χ1) is 10.2. The Morgan fingerprint density at radius 2 is 2.33 bits per heavy atom. The van der Waals surface area contributed by atoms with E-state index >= 15 is 0 Å². The predicted octanol–water partition coefficient (Wildman–Crippen LogP) is 3.06. The number of carbonyl (C=O) groups excluding carboxylic acids is 1. The van der Waals surface area contributed by atoms with Crippen LogP contribution in [-0.2, 0) is 0 Å². The van der Waals surface area contributed by atoms with E-state index in [0.29, 0.717) is 17.4 Å². The molecule has 1 aliphatic heterocycles. The van der Waals surface area contributed by atoms with Gasteiger partial charge in [0.15, 0.2) is 0 Å². The summed E-state index contributed by atoms with van der Waals surface area (Å²) in [5.41, 5.74) is 0.667. The Hall–Kier alpha value is -1.07. The Bertz CT molecular complexity index is 487. The van der Waals surface area contributed by atoms with Crippen LogP contribution in [0.1, 0.15) is 36.5 Å². The number of nitrogens with zero attached hydrogens (tertiary/aromatic N) is 1. The molecule has 0 spiro atoms. The average molecular weight is 355 g/mol. The van der Waals surface area contributed by atoms with Crippen molar-refractivity contribution in [2.75, 3.05) is 26.7 Å². The molecule has 4 nitrogen and oxygen atoms in total. The zero-order chi connectivity index (χ0) is 15.2. The summed E-state index contributed by atoms with van der Waals surface area (Å²) in [6.45, 7) is 4.71. The van der Waals surface area contributed by atoms with Crippen molar-refractivity contribution in [3.8, 4) is 5.75 Å². The van der Waals surface area contributed by atoms with Gasteiger partial charge in [0.1, 0.15) is 5.75 Å². The number of rotatable bonds is 6. The van der Waals surface area contributed by atoms with Crippen molar-refractivity contribution in [2.45, 2.75) is 32.2 Å². The molecule has 116 valence electrons. The molecule has 1 aromatic carbocycles. The number of methoxy groups -OCH3 is 1. The molecule has 2 rings (SSSR count). The average Bonchev–Trinajstić information content (AvgIpc) is 3.00. The van der Waals surface area contributed by atoms with Gasteiger partial charge in [-0.1, -0.05) is 6.92 Å². The second-order valence-corrected chi connectivity index (χ2v) is 6.24. The monoisotopic (exact) mass is 354 g/mol. The van der Waals surface area contributed by atoms with Crippen molar-refractivity contribution in [3.05, 3.63) is 28.2 Å². The van der Waals surface area contributed by atoms with Crippen molar-refractivity contribution in [2.24, 2.45) is 0 Å². The molecule has 1 unspecified atom stereocenters. The van der Waals surface area contributed by atoms with Gasteiger partial charge in [0, 0.05) is 23.6 Å². The van der Waals surface area contributed by atoms with Gasteiger partial charge in [-0.3, -0.25) is 4.79 Å². The van der Waals surface area contributed by atoms with Gasteiger partial charge in [-0.05, 0) is 59.9 Å². The van der Waals surface area contributed by atoms with Crippen molar-refractivity contribution < 1.29 is 9.53 Å². The van der Waals surface area contributed by atoms with E-state index in [9.17, 15) is 4.79 Å². The Morgan fingerprint density at radius 1 is 1.52 bits per heavy atom. The van der Waals surface area contributed by atoms with Crippen molar-refractivity contribution in [1.82, 2.24) is 10.2 Å². The maximum absolute atomic E-state index is 12.8. The molecule has 0 saturated carbocycles. The predicted molar refractivity (Wildman–Crippen MR) is 87.9 cm³/mol. The molecule has 0 aromatic heterocycles. The largest absolute Gasteiger partial charge is 0.497 e. The van der Waals surface area contributed by atoms with Crippen LogP contribution in [0.15, 0.2) is 22.7 Å². The SMILES string of the molecule is CCCN(CC1CCCN1)C(=O)c1cc(OC)ccc1Br. The Kier molecular flexibility index (Phi) is 6.06. The maximum Gasteiger partial charge on any atom is 0.255 e. The minimum atomic E-state index is 0.0660. The van der Waals surface area contributed by atoms with Crippen molar-refractivity contribution in [3.63, 3.8) is 0 Å². The van der Waals surface area contributed by atoms with Gasteiger partial charge in [-0.25, -0.2) is 0 Å². The highest BCUT2D eigenvalue weighted by atomic mass is 79.9. The second kappa shape index (κ2) is 7.80. The quantitative estimate of drug-likeness (QED) is 0.853. The molecule has 1 N–H and O–H groups in total. The van der Waals surface area contributed by atoms with Gasteiger partial charge in [-0.2, -0.15) is 0 Å². The first-order valence-corrected chi connectivity index (χ1v) is 8.31. The number of benzene rings is 1. The number of ether oxygens (including phenoxy) is 1. The lowest BCUT2D eigenvalue weighted by Crippen LogP contribution is -2.41. The molecule has 1 amide bonds. The lowest BCUT2D eigenvalue weighted by Gasteiger charge is -2.26. The molecule has 1 saturated heterocycles. The topological polar surface area (TPSA) is 41.6 Å². The van der Waals surface area contributed by atoms with Gasteiger partial charge < -0.3 is 15.0 Å². The molecule has 1 heterocycles. The number of hydrogen-bond acceptors (Lipinski definition) is 3. The van der Waals surface area contributed by atoms with Crippen molar-refractivity contribution in [1.29, 1.82) is 0 Å². The van der Waals surface area contributed by atoms with Crippen molar-refractivity contribution >= 4 is 21.8 Å². The Morgan fingerprint density at radius 3 is 2.95 bits per heavy atom. The molecule has 0 radical (unpaired) electrons. The summed E-state index contributed by atoms with van der Waals surface area (Å²) in [5.74, 6) is 0.772. The van der Waals surface area contributed by atoms with E-state index < -0.39 is 0 Å². The molecule has 1 aliphatic rings. The Balaban J connectivity index is 2.16. The van der Waals surface area contributed by atoms with Crippen LogP contribution in [0.5, 0.6) is 5.75 Å². The highest BCUT2D eigenvalue weighted by molar-refractivity contribution is 9.10.